The average molecular weight is 308 g/mol. The number of aromatic nitrogens is 4. The summed E-state index contributed by atoms with van der Waals surface area (Å²) in [6, 6.07) is 5.54. The fourth-order valence-electron chi connectivity index (χ4n) is 2.40. The number of rotatable bonds is 7. The van der Waals surface area contributed by atoms with E-state index >= 15 is 0 Å². The Balaban J connectivity index is 2.24. The van der Waals surface area contributed by atoms with Crippen molar-refractivity contribution >= 4 is 17.3 Å². The van der Waals surface area contributed by atoms with Crippen LogP contribution in [0.5, 0.6) is 0 Å². The molecule has 1 heterocycles. The van der Waals surface area contributed by atoms with Crippen molar-refractivity contribution in [3.05, 3.63) is 23.2 Å². The summed E-state index contributed by atoms with van der Waals surface area (Å²) in [5.74, 6) is 1.26. The minimum Gasteiger partial charge on any atom is -0.398 e. The van der Waals surface area contributed by atoms with E-state index in [4.69, 9.17) is 17.3 Å². The summed E-state index contributed by atoms with van der Waals surface area (Å²) in [7, 11) is 0. The van der Waals surface area contributed by atoms with E-state index in [1.165, 1.54) is 19.3 Å². The molecule has 2 N–H and O–H groups in total. The zero-order valence-electron chi connectivity index (χ0n) is 12.6. The molecule has 1 atom stereocenters. The van der Waals surface area contributed by atoms with Crippen LogP contribution in [0.2, 0.25) is 5.02 Å². The van der Waals surface area contributed by atoms with E-state index in [-0.39, 0.29) is 0 Å². The molecule has 1 aromatic heterocycles. The van der Waals surface area contributed by atoms with Gasteiger partial charge in [-0.3, -0.25) is 0 Å². The number of tetrazole rings is 1. The second-order valence-corrected chi connectivity index (χ2v) is 5.69. The maximum absolute atomic E-state index is 6.28. The summed E-state index contributed by atoms with van der Waals surface area (Å²) in [4.78, 5) is 0. The van der Waals surface area contributed by atoms with Crippen molar-refractivity contribution in [1.82, 2.24) is 20.2 Å². The molecule has 2 rings (SSSR count). The predicted molar refractivity (Wildman–Crippen MR) is 86.0 cm³/mol. The number of halogens is 1. The van der Waals surface area contributed by atoms with Gasteiger partial charge in [-0.15, -0.1) is 5.10 Å². The number of benzene rings is 1. The highest BCUT2D eigenvalue weighted by molar-refractivity contribution is 6.35. The molecule has 0 aliphatic rings. The van der Waals surface area contributed by atoms with Crippen molar-refractivity contribution in [2.45, 2.75) is 46.1 Å². The van der Waals surface area contributed by atoms with Gasteiger partial charge in [0.05, 0.1) is 10.7 Å². The van der Waals surface area contributed by atoms with Gasteiger partial charge in [-0.05, 0) is 34.9 Å². The lowest BCUT2D eigenvalue weighted by atomic mass is 9.99. The van der Waals surface area contributed by atoms with Crippen molar-refractivity contribution in [3.63, 3.8) is 0 Å². The Morgan fingerprint density at radius 1 is 1.33 bits per heavy atom. The van der Waals surface area contributed by atoms with Gasteiger partial charge in [0.15, 0.2) is 5.82 Å². The molecule has 2 aromatic rings. The molecule has 6 heteroatoms. The van der Waals surface area contributed by atoms with Crippen molar-refractivity contribution < 1.29 is 0 Å². The van der Waals surface area contributed by atoms with Gasteiger partial charge < -0.3 is 5.73 Å². The zero-order valence-corrected chi connectivity index (χ0v) is 13.3. The molecule has 0 aliphatic heterocycles. The van der Waals surface area contributed by atoms with E-state index in [2.05, 4.69) is 29.4 Å². The summed E-state index contributed by atoms with van der Waals surface area (Å²) in [5.41, 5.74) is 7.19. The van der Waals surface area contributed by atoms with E-state index in [1.54, 1.807) is 6.07 Å². The molecular formula is C15H22ClN5. The number of unbranched alkanes of at least 4 members (excludes halogenated alkanes) is 1. The molecule has 0 amide bonds. The number of hydrogen-bond acceptors (Lipinski definition) is 4. The first-order chi connectivity index (χ1) is 10.2. The van der Waals surface area contributed by atoms with Crippen molar-refractivity contribution in [2.24, 2.45) is 5.92 Å². The molecule has 5 nitrogen and oxygen atoms in total. The third-order valence-electron chi connectivity index (χ3n) is 3.78. The largest absolute Gasteiger partial charge is 0.398 e. The first kappa shape index (κ1) is 15.8. The Labute approximate surface area is 130 Å². The molecule has 0 saturated heterocycles. The molecule has 0 saturated carbocycles. The minimum atomic E-state index is 0.509. The van der Waals surface area contributed by atoms with E-state index in [0.29, 0.717) is 22.5 Å². The van der Waals surface area contributed by atoms with Crippen LogP contribution in [0.15, 0.2) is 18.2 Å². The van der Waals surface area contributed by atoms with E-state index in [9.17, 15) is 0 Å². The van der Waals surface area contributed by atoms with Gasteiger partial charge in [-0.2, -0.15) is 0 Å². The van der Waals surface area contributed by atoms with E-state index < -0.39 is 0 Å². The Morgan fingerprint density at radius 2 is 2.14 bits per heavy atom. The lowest BCUT2D eigenvalue weighted by Gasteiger charge is -2.15. The van der Waals surface area contributed by atoms with Gasteiger partial charge in [0.25, 0.3) is 0 Å². The lowest BCUT2D eigenvalue weighted by molar-refractivity contribution is 0.370. The van der Waals surface area contributed by atoms with Crippen LogP contribution in [0.25, 0.3) is 11.4 Å². The second-order valence-electron chi connectivity index (χ2n) is 5.31. The smallest absolute Gasteiger partial charge is 0.183 e. The van der Waals surface area contributed by atoms with Crippen LogP contribution in [0.4, 0.5) is 5.69 Å². The van der Waals surface area contributed by atoms with Crippen LogP contribution < -0.4 is 5.73 Å². The standard InChI is InChI=1S/C15H22ClN5/c1-3-5-7-11(4-2)10-21-15(18-19-20-21)12-8-6-9-13(17)14(12)16/h6,8-9,11H,3-5,7,10,17H2,1-2H3. The van der Waals surface area contributed by atoms with Crippen molar-refractivity contribution in [1.29, 1.82) is 0 Å². The first-order valence-electron chi connectivity index (χ1n) is 7.47. The van der Waals surface area contributed by atoms with Crippen molar-refractivity contribution in [3.8, 4) is 11.4 Å². The minimum absolute atomic E-state index is 0.509. The van der Waals surface area contributed by atoms with Gasteiger partial charge in [-0.25, -0.2) is 4.68 Å². The Bertz CT molecular complexity index is 581. The first-order valence-corrected chi connectivity index (χ1v) is 7.85. The molecule has 114 valence electrons. The van der Waals surface area contributed by atoms with Crippen LogP contribution in [-0.2, 0) is 6.54 Å². The van der Waals surface area contributed by atoms with Crippen molar-refractivity contribution in [2.75, 3.05) is 5.73 Å². The molecule has 1 aromatic carbocycles. The zero-order chi connectivity index (χ0) is 15.2. The average Bonchev–Trinajstić information content (AvgIpc) is 2.94. The van der Waals surface area contributed by atoms with Gasteiger partial charge >= 0.3 is 0 Å². The monoisotopic (exact) mass is 307 g/mol. The highest BCUT2D eigenvalue weighted by Gasteiger charge is 2.16. The molecule has 21 heavy (non-hydrogen) atoms. The predicted octanol–water partition coefficient (Wildman–Crippen LogP) is 3.79. The molecule has 0 spiro atoms. The maximum atomic E-state index is 6.28. The number of hydrogen-bond donors (Lipinski definition) is 1. The Morgan fingerprint density at radius 3 is 2.86 bits per heavy atom. The summed E-state index contributed by atoms with van der Waals surface area (Å²) < 4.78 is 1.84. The van der Waals surface area contributed by atoms with Crippen LogP contribution in [0.1, 0.15) is 39.5 Å². The third-order valence-corrected chi connectivity index (χ3v) is 4.20. The van der Waals surface area contributed by atoms with Crippen LogP contribution in [0, 0.1) is 5.92 Å². The molecule has 1 unspecified atom stereocenters. The number of nitrogen functional groups attached to an aromatic ring is 1. The normalized spacial score (nSPS) is 12.5. The number of anilines is 1. The fraction of sp³-hybridized carbons (Fsp3) is 0.533. The Kier molecular flexibility index (Phi) is 5.56. The summed E-state index contributed by atoms with van der Waals surface area (Å²) in [6.07, 6.45) is 4.75. The van der Waals surface area contributed by atoms with Gasteiger partial charge in [0, 0.05) is 12.1 Å². The van der Waals surface area contributed by atoms with Crippen LogP contribution in [-0.4, -0.2) is 20.2 Å². The molecular weight excluding hydrogens is 286 g/mol. The highest BCUT2D eigenvalue weighted by atomic mass is 35.5. The second kappa shape index (κ2) is 7.41. The SMILES string of the molecule is CCCCC(CC)Cn1nnnc1-c1cccc(N)c1Cl. The number of nitrogens with two attached hydrogens (primary N) is 1. The summed E-state index contributed by atoms with van der Waals surface area (Å²) >= 11 is 6.28. The quantitative estimate of drug-likeness (QED) is 0.790. The highest BCUT2D eigenvalue weighted by Crippen LogP contribution is 2.31. The van der Waals surface area contributed by atoms with E-state index in [0.717, 1.165) is 18.5 Å². The molecule has 0 radical (unpaired) electrons. The number of nitrogens with zero attached hydrogens (tertiary/aromatic N) is 4. The van der Waals surface area contributed by atoms with Crippen LogP contribution in [0.3, 0.4) is 0 Å². The molecule has 0 bridgehead atoms. The Hall–Kier alpha value is -1.62. The molecule has 0 aliphatic carbocycles. The fourth-order valence-corrected chi connectivity index (χ4v) is 2.62. The summed E-state index contributed by atoms with van der Waals surface area (Å²) in [6.45, 7) is 5.23. The van der Waals surface area contributed by atoms with Gasteiger partial charge in [-0.1, -0.05) is 50.8 Å². The van der Waals surface area contributed by atoms with Gasteiger partial charge in [0.1, 0.15) is 0 Å². The maximum Gasteiger partial charge on any atom is 0.183 e. The van der Waals surface area contributed by atoms with Gasteiger partial charge in [0.2, 0.25) is 0 Å². The molecule has 0 fully saturated rings. The van der Waals surface area contributed by atoms with E-state index in [1.807, 2.05) is 16.8 Å². The lowest BCUT2D eigenvalue weighted by Crippen LogP contribution is -2.13. The topological polar surface area (TPSA) is 69.6 Å². The third kappa shape index (κ3) is 3.73. The summed E-state index contributed by atoms with van der Waals surface area (Å²) in [5, 5.41) is 12.5. The van der Waals surface area contributed by atoms with Crippen LogP contribution >= 0.6 is 11.6 Å².